The summed E-state index contributed by atoms with van der Waals surface area (Å²) in [7, 11) is 1.67. The van der Waals surface area contributed by atoms with Crippen molar-refractivity contribution in [3.05, 3.63) is 80.3 Å². The normalized spacial score (nSPS) is 11.6. The molecule has 1 heterocycles. The quantitative estimate of drug-likeness (QED) is 0.258. The van der Waals surface area contributed by atoms with E-state index in [9.17, 15) is 24.5 Å². The predicted octanol–water partition coefficient (Wildman–Crippen LogP) is 2.16. The van der Waals surface area contributed by atoms with Crippen LogP contribution in [0.5, 0.6) is 0 Å². The van der Waals surface area contributed by atoms with Crippen LogP contribution in [-0.4, -0.2) is 32.3 Å². The number of nitro groups is 1. The first-order valence-corrected chi connectivity index (χ1v) is 9.51. The Morgan fingerprint density at radius 3 is 2.47 bits per heavy atom. The second-order valence-corrected chi connectivity index (χ2v) is 7.00. The molecule has 2 aromatic carbocycles. The molecule has 3 aromatic rings. The molecule has 0 aliphatic rings. The number of nitrogen functional groups attached to an aromatic ring is 1. The fraction of sp³-hybridized carbons (Fsp3) is 0.190. The van der Waals surface area contributed by atoms with Crippen molar-refractivity contribution < 1.29 is 19.2 Å². The fourth-order valence-corrected chi connectivity index (χ4v) is 3.05. The van der Waals surface area contributed by atoms with Crippen LogP contribution in [0, 0.1) is 17.0 Å². The van der Waals surface area contributed by atoms with E-state index >= 15 is 0 Å². The smallest absolute Gasteiger partial charge is 0.341 e. The topological polar surface area (TPSA) is 151 Å². The molecule has 0 radical (unpaired) electrons. The molecule has 0 aliphatic heterocycles. The minimum absolute atomic E-state index is 0.0298. The summed E-state index contributed by atoms with van der Waals surface area (Å²) in [5, 5.41) is 13.4. The van der Waals surface area contributed by atoms with E-state index in [1.165, 1.54) is 17.7 Å². The largest absolute Gasteiger partial charge is 0.449 e. The van der Waals surface area contributed by atoms with Crippen molar-refractivity contribution in [3.63, 3.8) is 0 Å². The van der Waals surface area contributed by atoms with Gasteiger partial charge in [-0.3, -0.25) is 24.4 Å². The Morgan fingerprint density at radius 1 is 1.19 bits per heavy atom. The second kappa shape index (κ2) is 8.76. The molecule has 0 saturated heterocycles. The number of aromatic nitrogens is 2. The zero-order valence-electron chi connectivity index (χ0n) is 17.6. The summed E-state index contributed by atoms with van der Waals surface area (Å²) in [6.07, 6.45) is -1.30. The number of ether oxygens (including phenoxy) is 1. The monoisotopic (exact) mass is 439 g/mol. The minimum atomic E-state index is -1.30. The van der Waals surface area contributed by atoms with Crippen LogP contribution >= 0.6 is 0 Å². The molecule has 11 nitrogen and oxygen atoms in total. The maximum absolute atomic E-state index is 12.9. The van der Waals surface area contributed by atoms with Crippen molar-refractivity contribution in [2.24, 2.45) is 7.05 Å². The van der Waals surface area contributed by atoms with Gasteiger partial charge in [-0.1, -0.05) is 18.2 Å². The number of nitrogens with zero attached hydrogens (tertiary/aromatic N) is 3. The van der Waals surface area contributed by atoms with Crippen molar-refractivity contribution in [2.45, 2.75) is 20.0 Å². The minimum Gasteiger partial charge on any atom is -0.449 e. The van der Waals surface area contributed by atoms with Gasteiger partial charge in [-0.2, -0.15) is 0 Å². The van der Waals surface area contributed by atoms with E-state index < -0.39 is 28.5 Å². The van der Waals surface area contributed by atoms with Crippen molar-refractivity contribution in [2.75, 3.05) is 11.1 Å². The van der Waals surface area contributed by atoms with Gasteiger partial charge < -0.3 is 15.8 Å². The number of anilines is 2. The zero-order chi connectivity index (χ0) is 23.6. The molecule has 3 rings (SSSR count). The molecule has 0 saturated carbocycles. The van der Waals surface area contributed by atoms with Gasteiger partial charge in [0, 0.05) is 24.9 Å². The third kappa shape index (κ3) is 4.21. The van der Waals surface area contributed by atoms with Crippen molar-refractivity contribution >= 4 is 28.9 Å². The third-order valence-electron chi connectivity index (χ3n) is 4.92. The first kappa shape index (κ1) is 22.3. The lowest BCUT2D eigenvalue weighted by Gasteiger charge is -2.13. The predicted molar refractivity (Wildman–Crippen MR) is 117 cm³/mol. The number of esters is 1. The first-order chi connectivity index (χ1) is 15.1. The summed E-state index contributed by atoms with van der Waals surface area (Å²) in [5.74, 6) is -1.74. The maximum Gasteiger partial charge on any atom is 0.341 e. The van der Waals surface area contributed by atoms with Gasteiger partial charge in [0.05, 0.1) is 21.9 Å². The molecule has 1 amide bonds. The Morgan fingerprint density at radius 2 is 1.84 bits per heavy atom. The van der Waals surface area contributed by atoms with Crippen molar-refractivity contribution in [1.82, 2.24) is 9.36 Å². The SMILES string of the molecule is Cc1c(NC(=O)C(C)OC(=O)c2cc([N+](=O)[O-])ccc2N)c(=O)n(-c2ccccc2)n1C. The molecule has 1 atom stereocenters. The van der Waals surface area contributed by atoms with E-state index in [0.29, 0.717) is 11.4 Å². The summed E-state index contributed by atoms with van der Waals surface area (Å²) in [6.45, 7) is 2.98. The van der Waals surface area contributed by atoms with Crippen molar-refractivity contribution in [3.8, 4) is 5.69 Å². The molecule has 1 aromatic heterocycles. The highest BCUT2D eigenvalue weighted by Crippen LogP contribution is 2.21. The number of rotatable bonds is 6. The van der Waals surface area contributed by atoms with Crippen LogP contribution in [0.3, 0.4) is 0 Å². The number of nitrogens with two attached hydrogens (primary N) is 1. The lowest BCUT2D eigenvalue weighted by atomic mass is 10.1. The number of amides is 1. The van der Waals surface area contributed by atoms with Crippen LogP contribution in [0.4, 0.5) is 17.1 Å². The van der Waals surface area contributed by atoms with E-state index in [0.717, 1.165) is 12.1 Å². The van der Waals surface area contributed by atoms with Crippen LogP contribution in [0.2, 0.25) is 0 Å². The summed E-state index contributed by atoms with van der Waals surface area (Å²) >= 11 is 0. The Kier molecular flexibility index (Phi) is 6.10. The maximum atomic E-state index is 12.9. The second-order valence-electron chi connectivity index (χ2n) is 7.00. The van der Waals surface area contributed by atoms with Crippen LogP contribution in [-0.2, 0) is 16.6 Å². The molecule has 0 bridgehead atoms. The lowest BCUT2D eigenvalue weighted by Crippen LogP contribution is -2.32. The molecule has 166 valence electrons. The van der Waals surface area contributed by atoms with Crippen molar-refractivity contribution in [1.29, 1.82) is 0 Å². The Hall–Kier alpha value is -4.41. The van der Waals surface area contributed by atoms with E-state index in [-0.39, 0.29) is 22.6 Å². The Balaban J connectivity index is 1.80. The van der Waals surface area contributed by atoms with Crippen LogP contribution in [0.1, 0.15) is 23.0 Å². The highest BCUT2D eigenvalue weighted by molar-refractivity contribution is 6.00. The van der Waals surface area contributed by atoms with Gasteiger partial charge in [-0.05, 0) is 32.0 Å². The summed E-state index contributed by atoms with van der Waals surface area (Å²) in [4.78, 5) is 48.2. The number of hydrogen-bond donors (Lipinski definition) is 2. The number of nitro benzene ring substituents is 1. The van der Waals surface area contributed by atoms with E-state index in [1.54, 1.807) is 42.9 Å². The first-order valence-electron chi connectivity index (χ1n) is 9.51. The average Bonchev–Trinajstić information content (AvgIpc) is 2.97. The zero-order valence-corrected chi connectivity index (χ0v) is 17.6. The van der Waals surface area contributed by atoms with Gasteiger partial charge in [0.15, 0.2) is 6.10 Å². The lowest BCUT2D eigenvalue weighted by molar-refractivity contribution is -0.384. The number of carbonyl (C=O) groups is 2. The number of non-ortho nitro benzene ring substituents is 1. The number of benzene rings is 2. The average molecular weight is 439 g/mol. The molecule has 3 N–H and O–H groups in total. The van der Waals surface area contributed by atoms with Gasteiger partial charge in [0.25, 0.3) is 17.2 Å². The molecule has 0 spiro atoms. The molecular formula is C21H21N5O6. The van der Waals surface area contributed by atoms with Gasteiger partial charge >= 0.3 is 5.97 Å². The molecule has 0 aliphatic carbocycles. The summed E-state index contributed by atoms with van der Waals surface area (Å²) in [6, 6.07) is 12.2. The fourth-order valence-electron chi connectivity index (χ4n) is 3.05. The molecule has 1 unspecified atom stereocenters. The molecule has 0 fully saturated rings. The number of nitrogens with one attached hydrogen (secondary N) is 1. The Labute approximate surface area is 182 Å². The third-order valence-corrected chi connectivity index (χ3v) is 4.92. The highest BCUT2D eigenvalue weighted by atomic mass is 16.6. The van der Waals surface area contributed by atoms with E-state index in [4.69, 9.17) is 10.5 Å². The number of para-hydroxylation sites is 1. The molecule has 11 heteroatoms. The number of carbonyl (C=O) groups excluding carboxylic acids is 2. The summed E-state index contributed by atoms with van der Waals surface area (Å²) < 4.78 is 8.10. The van der Waals surface area contributed by atoms with Gasteiger partial charge in [-0.15, -0.1) is 0 Å². The van der Waals surface area contributed by atoms with E-state index in [1.807, 2.05) is 6.07 Å². The van der Waals surface area contributed by atoms with Gasteiger partial charge in [0.2, 0.25) is 0 Å². The van der Waals surface area contributed by atoms with E-state index in [2.05, 4.69) is 5.32 Å². The number of hydrogen-bond acceptors (Lipinski definition) is 7. The van der Waals surface area contributed by atoms with Crippen LogP contribution in [0.25, 0.3) is 5.69 Å². The summed E-state index contributed by atoms with van der Waals surface area (Å²) in [5.41, 5.74) is 5.80. The van der Waals surface area contributed by atoms with Gasteiger partial charge in [-0.25, -0.2) is 9.48 Å². The Bertz CT molecular complexity index is 1260. The van der Waals surface area contributed by atoms with Crippen LogP contribution in [0.15, 0.2) is 53.3 Å². The van der Waals surface area contributed by atoms with Gasteiger partial charge in [0.1, 0.15) is 5.69 Å². The van der Waals surface area contributed by atoms with Crippen LogP contribution < -0.4 is 16.6 Å². The molecule has 32 heavy (non-hydrogen) atoms. The highest BCUT2D eigenvalue weighted by Gasteiger charge is 2.25. The standard InChI is InChI=1S/C21H21N5O6/c1-12-18(20(28)25(24(12)3)14-7-5-4-6-8-14)23-19(27)13(2)32-21(29)16-11-15(26(30)31)9-10-17(16)22/h4-11,13H,22H2,1-3H3,(H,23,27). The molecular weight excluding hydrogens is 418 g/mol.